The fraction of sp³-hybridized carbons (Fsp3) is 0.562. The summed E-state index contributed by atoms with van der Waals surface area (Å²) in [5, 5.41) is 6.27. The van der Waals surface area contributed by atoms with E-state index in [4.69, 9.17) is 14.2 Å². The summed E-state index contributed by atoms with van der Waals surface area (Å²) in [4.78, 5) is 12.4. The quantitative estimate of drug-likeness (QED) is 0.790. The van der Waals surface area contributed by atoms with Crippen molar-refractivity contribution in [2.45, 2.75) is 12.8 Å². The zero-order valence-corrected chi connectivity index (χ0v) is 14.6. The number of amides is 1. The molecule has 0 spiro atoms. The third-order valence-electron chi connectivity index (χ3n) is 3.95. The fourth-order valence-corrected chi connectivity index (χ4v) is 2.73. The predicted molar refractivity (Wildman–Crippen MR) is 91.3 cm³/mol. The van der Waals surface area contributed by atoms with Gasteiger partial charge < -0.3 is 24.8 Å². The van der Waals surface area contributed by atoms with E-state index in [9.17, 15) is 4.79 Å². The van der Waals surface area contributed by atoms with Crippen molar-refractivity contribution in [3.63, 3.8) is 0 Å². The highest BCUT2D eigenvalue weighted by molar-refractivity contribution is 5.98. The summed E-state index contributed by atoms with van der Waals surface area (Å²) in [6, 6.07) is 3.39. The predicted octanol–water partition coefficient (Wildman–Crippen LogP) is 1.86. The van der Waals surface area contributed by atoms with Crippen molar-refractivity contribution in [1.82, 2.24) is 10.6 Å². The summed E-state index contributed by atoms with van der Waals surface area (Å²) in [5.74, 6) is 1.84. The van der Waals surface area contributed by atoms with Crippen LogP contribution in [0, 0.1) is 5.92 Å². The van der Waals surface area contributed by atoms with Crippen LogP contribution in [0.2, 0.25) is 0 Å². The van der Waals surface area contributed by atoms with Crippen LogP contribution < -0.4 is 24.8 Å². The summed E-state index contributed by atoms with van der Waals surface area (Å²) in [7, 11) is 4.58. The smallest absolute Gasteiger partial charge is 0.255 e. The zero-order valence-electron chi connectivity index (χ0n) is 13.8. The highest BCUT2D eigenvalue weighted by Gasteiger charge is 2.21. The molecule has 1 aliphatic rings. The first-order valence-electron chi connectivity index (χ1n) is 7.49. The van der Waals surface area contributed by atoms with Gasteiger partial charge in [-0.05, 0) is 44.0 Å². The first kappa shape index (κ1) is 19.4. The second kappa shape index (κ2) is 9.47. The van der Waals surface area contributed by atoms with E-state index in [0.717, 1.165) is 19.5 Å². The topological polar surface area (TPSA) is 68.8 Å². The lowest BCUT2D eigenvalue weighted by Crippen LogP contribution is -2.27. The molecule has 1 aromatic carbocycles. The van der Waals surface area contributed by atoms with Gasteiger partial charge in [0.15, 0.2) is 11.5 Å². The van der Waals surface area contributed by atoms with Crippen molar-refractivity contribution in [1.29, 1.82) is 0 Å². The standard InChI is InChI=1S/C16H24N2O4.ClH/c1-20-13-5-4-12(14(21-2)15(13)22-3)16(19)18-9-7-11-6-8-17-10-11;/h4-5,11,17H,6-10H2,1-3H3,(H,18,19);1H. The molecular formula is C16H25ClN2O4. The SMILES string of the molecule is COc1ccc(C(=O)NCCC2CCNC2)c(OC)c1OC.Cl. The molecule has 7 heteroatoms. The monoisotopic (exact) mass is 344 g/mol. The van der Waals surface area contributed by atoms with Crippen molar-refractivity contribution in [3.8, 4) is 17.2 Å². The van der Waals surface area contributed by atoms with Gasteiger partial charge in [0.1, 0.15) is 0 Å². The third kappa shape index (κ3) is 4.65. The van der Waals surface area contributed by atoms with Crippen molar-refractivity contribution in [2.24, 2.45) is 5.92 Å². The first-order valence-corrected chi connectivity index (χ1v) is 7.49. The highest BCUT2D eigenvalue weighted by Crippen LogP contribution is 2.39. The molecule has 1 heterocycles. The van der Waals surface area contributed by atoms with Gasteiger partial charge in [-0.3, -0.25) is 4.79 Å². The number of nitrogens with one attached hydrogen (secondary N) is 2. The molecule has 1 saturated heterocycles. The third-order valence-corrected chi connectivity index (χ3v) is 3.95. The van der Waals surface area contributed by atoms with Crippen LogP contribution in [0.4, 0.5) is 0 Å². The molecule has 0 aromatic heterocycles. The lowest BCUT2D eigenvalue weighted by Gasteiger charge is -2.16. The molecule has 0 bridgehead atoms. The maximum Gasteiger partial charge on any atom is 0.255 e. The molecule has 6 nitrogen and oxygen atoms in total. The number of benzene rings is 1. The van der Waals surface area contributed by atoms with Crippen LogP contribution in [0.25, 0.3) is 0 Å². The highest BCUT2D eigenvalue weighted by atomic mass is 35.5. The zero-order chi connectivity index (χ0) is 15.9. The molecule has 1 aliphatic heterocycles. The maximum absolute atomic E-state index is 12.4. The normalized spacial score (nSPS) is 16.4. The molecule has 0 saturated carbocycles. The molecule has 130 valence electrons. The Kier molecular flexibility index (Phi) is 7.98. The number of methoxy groups -OCH3 is 3. The number of ether oxygens (including phenoxy) is 3. The van der Waals surface area contributed by atoms with E-state index in [0.29, 0.717) is 35.3 Å². The van der Waals surface area contributed by atoms with Gasteiger partial charge in [0.05, 0.1) is 26.9 Å². The molecule has 1 unspecified atom stereocenters. The number of carbonyl (C=O) groups is 1. The minimum atomic E-state index is -0.163. The van der Waals surface area contributed by atoms with E-state index in [2.05, 4.69) is 10.6 Å². The molecule has 23 heavy (non-hydrogen) atoms. The lowest BCUT2D eigenvalue weighted by atomic mass is 10.1. The molecule has 0 aliphatic carbocycles. The number of carbonyl (C=O) groups excluding carboxylic acids is 1. The first-order chi connectivity index (χ1) is 10.7. The van der Waals surface area contributed by atoms with Gasteiger partial charge in [-0.15, -0.1) is 12.4 Å². The average molecular weight is 345 g/mol. The Labute approximate surface area is 143 Å². The number of hydrogen-bond donors (Lipinski definition) is 2. The van der Waals surface area contributed by atoms with Crippen LogP contribution in [0.15, 0.2) is 12.1 Å². The summed E-state index contributed by atoms with van der Waals surface area (Å²) < 4.78 is 15.8. The van der Waals surface area contributed by atoms with Crippen LogP contribution in [-0.2, 0) is 0 Å². The van der Waals surface area contributed by atoms with Crippen molar-refractivity contribution >= 4 is 18.3 Å². The van der Waals surface area contributed by atoms with E-state index in [-0.39, 0.29) is 18.3 Å². The van der Waals surface area contributed by atoms with Gasteiger partial charge in [0.2, 0.25) is 5.75 Å². The largest absolute Gasteiger partial charge is 0.493 e. The van der Waals surface area contributed by atoms with Crippen LogP contribution in [0.3, 0.4) is 0 Å². The Morgan fingerprint density at radius 1 is 1.22 bits per heavy atom. The number of rotatable bonds is 7. The lowest BCUT2D eigenvalue weighted by molar-refractivity contribution is 0.0948. The Balaban J connectivity index is 0.00000264. The van der Waals surface area contributed by atoms with E-state index in [1.807, 2.05) is 0 Å². The van der Waals surface area contributed by atoms with Gasteiger partial charge >= 0.3 is 0 Å². The maximum atomic E-state index is 12.4. The van der Waals surface area contributed by atoms with Crippen molar-refractivity contribution in [2.75, 3.05) is 41.0 Å². The molecule has 1 aromatic rings. The van der Waals surface area contributed by atoms with Crippen LogP contribution >= 0.6 is 12.4 Å². The van der Waals surface area contributed by atoms with Crippen molar-refractivity contribution < 1.29 is 19.0 Å². The molecule has 1 amide bonds. The fourth-order valence-electron chi connectivity index (χ4n) is 2.73. The second-order valence-electron chi connectivity index (χ2n) is 5.29. The Hall–Kier alpha value is -1.66. The molecular weight excluding hydrogens is 320 g/mol. The summed E-state index contributed by atoms with van der Waals surface area (Å²) in [5.41, 5.74) is 0.449. The van der Waals surface area contributed by atoms with Gasteiger partial charge in [-0.25, -0.2) is 0 Å². The van der Waals surface area contributed by atoms with Crippen molar-refractivity contribution in [3.05, 3.63) is 17.7 Å². The Bertz CT molecular complexity index is 519. The van der Waals surface area contributed by atoms with Gasteiger partial charge in [-0.1, -0.05) is 0 Å². The molecule has 1 atom stereocenters. The van der Waals surface area contributed by atoms with Crippen LogP contribution in [-0.4, -0.2) is 46.9 Å². The summed E-state index contributed by atoms with van der Waals surface area (Å²) >= 11 is 0. The molecule has 2 N–H and O–H groups in total. The number of halogens is 1. The minimum Gasteiger partial charge on any atom is -0.493 e. The molecule has 0 radical (unpaired) electrons. The summed E-state index contributed by atoms with van der Waals surface area (Å²) in [6.45, 7) is 2.76. The summed E-state index contributed by atoms with van der Waals surface area (Å²) in [6.07, 6.45) is 2.16. The van der Waals surface area contributed by atoms with E-state index in [1.165, 1.54) is 20.6 Å². The average Bonchev–Trinajstić information content (AvgIpc) is 3.06. The van der Waals surface area contributed by atoms with Gasteiger partial charge in [0.25, 0.3) is 5.91 Å². The second-order valence-corrected chi connectivity index (χ2v) is 5.29. The van der Waals surface area contributed by atoms with Gasteiger partial charge in [-0.2, -0.15) is 0 Å². The molecule has 2 rings (SSSR count). The Morgan fingerprint density at radius 3 is 2.52 bits per heavy atom. The van der Waals surface area contributed by atoms with Gasteiger partial charge in [0, 0.05) is 6.54 Å². The van der Waals surface area contributed by atoms with Crippen LogP contribution in [0.5, 0.6) is 17.2 Å². The van der Waals surface area contributed by atoms with E-state index >= 15 is 0 Å². The van der Waals surface area contributed by atoms with E-state index < -0.39 is 0 Å². The minimum absolute atomic E-state index is 0. The van der Waals surface area contributed by atoms with E-state index in [1.54, 1.807) is 19.2 Å². The van der Waals surface area contributed by atoms with Crippen LogP contribution in [0.1, 0.15) is 23.2 Å². The Morgan fingerprint density at radius 2 is 1.96 bits per heavy atom. The number of hydrogen-bond acceptors (Lipinski definition) is 5. The molecule has 1 fully saturated rings.